The number of aromatic amines is 1. The highest BCUT2D eigenvalue weighted by molar-refractivity contribution is 5.96. The van der Waals surface area contributed by atoms with Crippen molar-refractivity contribution in [3.8, 4) is 0 Å². The standard InChI is InChI=1S/C25H28N4O4/c1-3-22(30)28-11-9-17-18(14-28)26-23(27-24(17)31)19-6-4-5-10-29(19)25(32)21-13-16-12-15(2)7-8-20(16)33-21/h7-8,12-13,19H,3-6,9-11,14H2,1-2H3,(H,26,27,31)/t19-/m0/s1. The van der Waals surface area contributed by atoms with Gasteiger partial charge in [0.05, 0.1) is 18.3 Å². The van der Waals surface area contributed by atoms with Gasteiger partial charge in [0.25, 0.3) is 11.5 Å². The summed E-state index contributed by atoms with van der Waals surface area (Å²) in [6, 6.07) is 7.28. The number of aromatic nitrogens is 2. The summed E-state index contributed by atoms with van der Waals surface area (Å²) in [6.45, 7) is 5.27. The van der Waals surface area contributed by atoms with Crippen molar-refractivity contribution in [3.05, 3.63) is 63.0 Å². The van der Waals surface area contributed by atoms with Crippen LogP contribution in [0.15, 0.2) is 33.5 Å². The number of piperidine rings is 1. The molecule has 8 heteroatoms. The van der Waals surface area contributed by atoms with E-state index in [-0.39, 0.29) is 23.4 Å². The molecule has 33 heavy (non-hydrogen) atoms. The summed E-state index contributed by atoms with van der Waals surface area (Å²) >= 11 is 0. The van der Waals surface area contributed by atoms with Crippen LogP contribution in [-0.4, -0.2) is 44.7 Å². The van der Waals surface area contributed by atoms with Crippen LogP contribution in [0, 0.1) is 6.92 Å². The molecule has 2 aliphatic heterocycles. The molecule has 0 spiro atoms. The third-order valence-corrected chi connectivity index (χ3v) is 6.71. The number of nitrogens with zero attached hydrogens (tertiary/aromatic N) is 3. The van der Waals surface area contributed by atoms with Gasteiger partial charge in [-0.1, -0.05) is 18.6 Å². The largest absolute Gasteiger partial charge is 0.451 e. The summed E-state index contributed by atoms with van der Waals surface area (Å²) in [5, 5.41) is 0.896. The van der Waals surface area contributed by atoms with Crippen LogP contribution in [0.5, 0.6) is 0 Å². The average molecular weight is 449 g/mol. The zero-order chi connectivity index (χ0) is 23.1. The predicted molar refractivity (Wildman–Crippen MR) is 123 cm³/mol. The minimum absolute atomic E-state index is 0.0545. The van der Waals surface area contributed by atoms with Gasteiger partial charge in [-0.15, -0.1) is 0 Å². The van der Waals surface area contributed by atoms with Gasteiger partial charge >= 0.3 is 0 Å². The molecule has 0 bridgehead atoms. The van der Waals surface area contributed by atoms with Gasteiger partial charge in [0, 0.05) is 30.5 Å². The molecule has 172 valence electrons. The number of fused-ring (bicyclic) bond motifs is 2. The molecule has 2 aromatic heterocycles. The highest BCUT2D eigenvalue weighted by Gasteiger charge is 2.33. The Morgan fingerprint density at radius 1 is 1.21 bits per heavy atom. The zero-order valence-corrected chi connectivity index (χ0v) is 19.0. The van der Waals surface area contributed by atoms with Crippen LogP contribution in [-0.2, 0) is 17.8 Å². The lowest BCUT2D eigenvalue weighted by Gasteiger charge is -2.35. The van der Waals surface area contributed by atoms with Crippen molar-refractivity contribution < 1.29 is 14.0 Å². The highest BCUT2D eigenvalue weighted by Crippen LogP contribution is 2.32. The van der Waals surface area contributed by atoms with Gasteiger partial charge in [-0.05, 0) is 50.8 Å². The van der Waals surface area contributed by atoms with E-state index in [1.807, 2.05) is 32.0 Å². The van der Waals surface area contributed by atoms with Gasteiger partial charge in [-0.25, -0.2) is 4.98 Å². The summed E-state index contributed by atoms with van der Waals surface area (Å²) in [7, 11) is 0. The zero-order valence-electron chi connectivity index (χ0n) is 19.0. The number of nitrogens with one attached hydrogen (secondary N) is 1. The number of carbonyl (C=O) groups excluding carboxylic acids is 2. The molecular formula is C25H28N4O4. The number of carbonyl (C=O) groups is 2. The number of rotatable bonds is 3. The Kier molecular flexibility index (Phi) is 5.52. The lowest BCUT2D eigenvalue weighted by Crippen LogP contribution is -2.42. The fraction of sp³-hybridized carbons (Fsp3) is 0.440. The highest BCUT2D eigenvalue weighted by atomic mass is 16.3. The minimum atomic E-state index is -0.337. The number of likely N-dealkylation sites (tertiary alicyclic amines) is 1. The van der Waals surface area contributed by atoms with Gasteiger partial charge in [0.15, 0.2) is 5.76 Å². The second-order valence-electron chi connectivity index (χ2n) is 8.96. The molecule has 1 aromatic carbocycles. The Morgan fingerprint density at radius 2 is 2.06 bits per heavy atom. The minimum Gasteiger partial charge on any atom is -0.451 e. The first kappa shape index (κ1) is 21.4. The van der Waals surface area contributed by atoms with E-state index in [1.165, 1.54) is 0 Å². The van der Waals surface area contributed by atoms with Crippen molar-refractivity contribution in [2.75, 3.05) is 13.1 Å². The Labute approximate surface area is 191 Å². The van der Waals surface area contributed by atoms with E-state index in [4.69, 9.17) is 9.40 Å². The van der Waals surface area contributed by atoms with Crippen molar-refractivity contribution in [1.29, 1.82) is 0 Å². The van der Waals surface area contributed by atoms with Crippen molar-refractivity contribution in [1.82, 2.24) is 19.8 Å². The Bertz CT molecular complexity index is 1290. The SMILES string of the molecule is CCC(=O)N1CCc2c(nc([C@@H]3CCCCN3C(=O)c3cc4cc(C)ccc4o3)[nH]c2=O)C1. The molecule has 2 amide bonds. The second kappa shape index (κ2) is 8.50. The van der Waals surface area contributed by atoms with Crippen LogP contribution in [0.3, 0.4) is 0 Å². The number of aryl methyl sites for hydroxylation is 1. The van der Waals surface area contributed by atoms with Crippen LogP contribution < -0.4 is 5.56 Å². The van der Waals surface area contributed by atoms with Crippen molar-refractivity contribution in [2.24, 2.45) is 0 Å². The Balaban J connectivity index is 1.47. The molecule has 0 saturated carbocycles. The summed E-state index contributed by atoms with van der Waals surface area (Å²) in [5.74, 6) is 0.641. The molecule has 2 aliphatic rings. The van der Waals surface area contributed by atoms with Crippen molar-refractivity contribution >= 4 is 22.8 Å². The average Bonchev–Trinajstić information content (AvgIpc) is 3.26. The monoisotopic (exact) mass is 448 g/mol. The van der Waals surface area contributed by atoms with E-state index in [0.717, 1.165) is 23.8 Å². The number of H-pyrrole nitrogens is 1. The predicted octanol–water partition coefficient (Wildman–Crippen LogP) is 3.49. The maximum Gasteiger partial charge on any atom is 0.290 e. The van der Waals surface area contributed by atoms with Crippen LogP contribution in [0.2, 0.25) is 0 Å². The van der Waals surface area contributed by atoms with E-state index in [0.29, 0.717) is 67.3 Å². The van der Waals surface area contributed by atoms with Gasteiger partial charge in [0.1, 0.15) is 11.4 Å². The summed E-state index contributed by atoms with van der Waals surface area (Å²) < 4.78 is 5.86. The smallest absolute Gasteiger partial charge is 0.290 e. The van der Waals surface area contributed by atoms with Gasteiger partial charge in [-0.3, -0.25) is 14.4 Å². The third-order valence-electron chi connectivity index (χ3n) is 6.71. The van der Waals surface area contributed by atoms with Gasteiger partial charge in [0.2, 0.25) is 5.91 Å². The molecule has 1 atom stereocenters. The van der Waals surface area contributed by atoms with E-state index >= 15 is 0 Å². The summed E-state index contributed by atoms with van der Waals surface area (Å²) in [6.07, 6.45) is 3.46. The number of hydrogen-bond donors (Lipinski definition) is 1. The second-order valence-corrected chi connectivity index (χ2v) is 8.96. The Morgan fingerprint density at radius 3 is 2.88 bits per heavy atom. The lowest BCUT2D eigenvalue weighted by atomic mass is 9.99. The molecular weight excluding hydrogens is 420 g/mol. The lowest BCUT2D eigenvalue weighted by molar-refractivity contribution is -0.131. The number of furan rings is 1. The van der Waals surface area contributed by atoms with Crippen molar-refractivity contribution in [2.45, 2.75) is 58.5 Å². The molecule has 8 nitrogen and oxygen atoms in total. The molecule has 4 heterocycles. The van der Waals surface area contributed by atoms with Crippen LogP contribution in [0.1, 0.15) is 71.8 Å². The number of hydrogen-bond acceptors (Lipinski definition) is 5. The normalized spacial score (nSPS) is 18.4. The maximum atomic E-state index is 13.5. The van der Waals surface area contributed by atoms with Gasteiger partial charge in [-0.2, -0.15) is 0 Å². The van der Waals surface area contributed by atoms with E-state index < -0.39 is 0 Å². The first-order chi connectivity index (χ1) is 15.9. The third kappa shape index (κ3) is 3.94. The number of benzene rings is 1. The van der Waals surface area contributed by atoms with E-state index in [2.05, 4.69) is 4.98 Å². The molecule has 1 N–H and O–H groups in total. The topological polar surface area (TPSA) is 99.5 Å². The molecule has 1 saturated heterocycles. The Hall–Kier alpha value is -3.42. The fourth-order valence-electron chi connectivity index (χ4n) is 4.92. The molecule has 0 radical (unpaired) electrons. The van der Waals surface area contributed by atoms with E-state index in [9.17, 15) is 14.4 Å². The van der Waals surface area contributed by atoms with Crippen LogP contribution >= 0.6 is 0 Å². The molecule has 1 fully saturated rings. The molecule has 0 aliphatic carbocycles. The van der Waals surface area contributed by atoms with Crippen LogP contribution in [0.25, 0.3) is 11.0 Å². The quantitative estimate of drug-likeness (QED) is 0.661. The van der Waals surface area contributed by atoms with Crippen molar-refractivity contribution in [3.63, 3.8) is 0 Å². The number of amides is 2. The molecule has 5 rings (SSSR count). The molecule has 3 aromatic rings. The summed E-state index contributed by atoms with van der Waals surface area (Å²) in [5.41, 5.74) is 2.89. The van der Waals surface area contributed by atoms with Gasteiger partial charge < -0.3 is 19.2 Å². The maximum absolute atomic E-state index is 13.5. The molecule has 0 unspecified atom stereocenters. The first-order valence-corrected chi connectivity index (χ1v) is 11.7. The van der Waals surface area contributed by atoms with E-state index in [1.54, 1.807) is 15.9 Å². The van der Waals surface area contributed by atoms with Crippen LogP contribution in [0.4, 0.5) is 0 Å². The summed E-state index contributed by atoms with van der Waals surface area (Å²) in [4.78, 5) is 49.7. The first-order valence-electron chi connectivity index (χ1n) is 11.7. The fourth-order valence-corrected chi connectivity index (χ4v) is 4.92.